The highest BCUT2D eigenvalue weighted by atomic mass is 16.5. The van der Waals surface area contributed by atoms with Gasteiger partial charge in [-0.2, -0.15) is 0 Å². The summed E-state index contributed by atoms with van der Waals surface area (Å²) in [7, 11) is 0. The van der Waals surface area contributed by atoms with E-state index in [0.29, 0.717) is 29.4 Å². The van der Waals surface area contributed by atoms with E-state index >= 15 is 0 Å². The molecule has 2 saturated heterocycles. The van der Waals surface area contributed by atoms with Gasteiger partial charge >= 0.3 is 0 Å². The standard InChI is InChI=1S/C35H49N3O4/c1-19(2)24-13-15-25(16-14-24)36-32(39)29-28-17-18-35(42-28)30(29)34(41)38(27-12-8-10-21(4)23(27)6)31(35)33(40)37-26-11-7-9-20(3)22(26)5/h13-23,26-31H,7-12H2,1-6H3,(H,36,39)(H,37,40)/t20-,21-,22+,23-,26+,27+,28+,29-,30+,31+,35+/m0/s1. The van der Waals surface area contributed by atoms with Crippen molar-refractivity contribution in [3.63, 3.8) is 0 Å². The molecule has 0 unspecified atom stereocenters. The van der Waals surface area contributed by atoms with Crippen LogP contribution in [0.25, 0.3) is 0 Å². The average Bonchev–Trinajstić information content (AvgIpc) is 3.60. The third-order valence-corrected chi connectivity index (χ3v) is 11.8. The van der Waals surface area contributed by atoms with Gasteiger partial charge in [0.15, 0.2) is 0 Å². The number of carbonyl (C=O) groups excluding carboxylic acids is 3. The number of nitrogens with one attached hydrogen (secondary N) is 2. The maximum atomic E-state index is 14.6. The van der Waals surface area contributed by atoms with Crippen LogP contribution in [0.2, 0.25) is 0 Å². The van der Waals surface area contributed by atoms with Crippen molar-refractivity contribution in [3.8, 4) is 0 Å². The van der Waals surface area contributed by atoms with Crippen molar-refractivity contribution >= 4 is 23.4 Å². The molecule has 7 nitrogen and oxygen atoms in total. The largest absolute Gasteiger partial charge is 0.359 e. The normalized spacial score (nSPS) is 40.8. The molecule has 2 bridgehead atoms. The van der Waals surface area contributed by atoms with Crippen LogP contribution in [0.15, 0.2) is 36.4 Å². The van der Waals surface area contributed by atoms with Crippen molar-refractivity contribution in [1.82, 2.24) is 10.2 Å². The number of anilines is 1. The van der Waals surface area contributed by atoms with Gasteiger partial charge in [0.25, 0.3) is 0 Å². The Kier molecular flexibility index (Phi) is 7.78. The molecule has 4 fully saturated rings. The zero-order valence-electron chi connectivity index (χ0n) is 26.1. The number of hydrogen-bond donors (Lipinski definition) is 2. The molecule has 1 aromatic rings. The van der Waals surface area contributed by atoms with E-state index in [0.717, 1.165) is 32.1 Å². The summed E-state index contributed by atoms with van der Waals surface area (Å²) >= 11 is 0. The Balaban J connectivity index is 1.32. The Hall–Kier alpha value is -2.67. The predicted octanol–water partition coefficient (Wildman–Crippen LogP) is 5.66. The first kappa shape index (κ1) is 29.4. The average molecular weight is 576 g/mol. The van der Waals surface area contributed by atoms with E-state index in [9.17, 15) is 14.4 Å². The number of benzene rings is 1. The number of rotatable bonds is 6. The van der Waals surface area contributed by atoms with Crippen LogP contribution in [0.4, 0.5) is 5.69 Å². The SMILES string of the molecule is CC(C)c1ccc(NC(=O)[C@H]2[C@H]3C=C[C@@]4(O3)[C@H]2C(=O)N([C@@H]2CCC[C@H](C)[C@@H]2C)[C@@H]4C(=O)N[C@@H]2CCC[C@H](C)[C@H]2C)cc1. The van der Waals surface area contributed by atoms with E-state index in [1.807, 2.05) is 41.3 Å². The Bertz CT molecular complexity index is 1240. The van der Waals surface area contributed by atoms with Crippen molar-refractivity contribution in [1.29, 1.82) is 0 Å². The van der Waals surface area contributed by atoms with Gasteiger partial charge in [0.2, 0.25) is 17.7 Å². The quantitative estimate of drug-likeness (QED) is 0.428. The van der Waals surface area contributed by atoms with Crippen LogP contribution in [0.3, 0.4) is 0 Å². The third kappa shape index (κ3) is 4.71. The number of nitrogens with zero attached hydrogens (tertiary/aromatic N) is 1. The molecule has 7 heteroatoms. The molecule has 6 rings (SSSR count). The van der Waals surface area contributed by atoms with Crippen molar-refractivity contribution in [3.05, 3.63) is 42.0 Å². The summed E-state index contributed by atoms with van der Waals surface area (Å²) in [4.78, 5) is 44.8. The second-order valence-corrected chi connectivity index (χ2v) is 14.4. The van der Waals surface area contributed by atoms with Crippen LogP contribution in [-0.2, 0) is 19.1 Å². The number of amides is 3. The Labute approximate surface area is 251 Å². The molecular formula is C35H49N3O4. The maximum Gasteiger partial charge on any atom is 0.246 e. The van der Waals surface area contributed by atoms with Gasteiger partial charge in [-0.15, -0.1) is 0 Å². The molecule has 228 valence electrons. The minimum absolute atomic E-state index is 0.0528. The van der Waals surface area contributed by atoms with Gasteiger partial charge in [-0.3, -0.25) is 14.4 Å². The molecule has 0 radical (unpaired) electrons. The van der Waals surface area contributed by atoms with E-state index in [1.54, 1.807) is 0 Å². The number of ether oxygens (including phenoxy) is 1. The first-order valence-corrected chi connectivity index (χ1v) is 16.4. The molecule has 11 atom stereocenters. The lowest BCUT2D eigenvalue weighted by molar-refractivity contribution is -0.146. The molecule has 0 aromatic heterocycles. The third-order valence-electron chi connectivity index (χ3n) is 11.8. The van der Waals surface area contributed by atoms with Crippen LogP contribution in [-0.4, -0.2) is 52.5 Å². The molecule has 1 spiro atoms. The second-order valence-electron chi connectivity index (χ2n) is 14.4. The highest BCUT2D eigenvalue weighted by Gasteiger charge is 2.73. The zero-order valence-corrected chi connectivity index (χ0v) is 26.1. The summed E-state index contributed by atoms with van der Waals surface area (Å²) in [6, 6.07) is 7.14. The monoisotopic (exact) mass is 575 g/mol. The predicted molar refractivity (Wildman–Crippen MR) is 164 cm³/mol. The van der Waals surface area contributed by atoms with Gasteiger partial charge in [-0.25, -0.2) is 0 Å². The van der Waals surface area contributed by atoms with E-state index in [1.165, 1.54) is 12.0 Å². The van der Waals surface area contributed by atoms with E-state index in [2.05, 4.69) is 52.2 Å². The van der Waals surface area contributed by atoms with Crippen LogP contribution < -0.4 is 10.6 Å². The Morgan fingerprint density at radius 1 is 0.929 bits per heavy atom. The fraction of sp³-hybridized carbons (Fsp3) is 0.686. The number of fused-ring (bicyclic) bond motifs is 1. The van der Waals surface area contributed by atoms with Gasteiger partial charge in [-0.05, 0) is 60.1 Å². The molecule has 2 saturated carbocycles. The van der Waals surface area contributed by atoms with Crippen molar-refractivity contribution in [2.45, 2.75) is 116 Å². The Morgan fingerprint density at radius 2 is 1.60 bits per heavy atom. The van der Waals surface area contributed by atoms with Crippen molar-refractivity contribution < 1.29 is 19.1 Å². The lowest BCUT2D eigenvalue weighted by Crippen LogP contribution is -2.61. The first-order valence-electron chi connectivity index (χ1n) is 16.4. The molecule has 2 N–H and O–H groups in total. The second kappa shape index (κ2) is 11.1. The number of hydrogen-bond acceptors (Lipinski definition) is 4. The molecule has 2 aliphatic carbocycles. The molecule has 3 aliphatic heterocycles. The fourth-order valence-electron chi connectivity index (χ4n) is 8.73. The van der Waals surface area contributed by atoms with Crippen molar-refractivity contribution in [2.24, 2.45) is 35.5 Å². The lowest BCUT2D eigenvalue weighted by atomic mass is 9.73. The van der Waals surface area contributed by atoms with Crippen LogP contribution in [0.1, 0.15) is 91.5 Å². The van der Waals surface area contributed by atoms with Crippen LogP contribution in [0.5, 0.6) is 0 Å². The first-order chi connectivity index (χ1) is 20.0. The smallest absolute Gasteiger partial charge is 0.246 e. The van der Waals surface area contributed by atoms with Gasteiger partial charge in [0, 0.05) is 17.8 Å². The summed E-state index contributed by atoms with van der Waals surface area (Å²) < 4.78 is 6.64. The van der Waals surface area contributed by atoms with Gasteiger partial charge in [0.05, 0.1) is 17.9 Å². The summed E-state index contributed by atoms with van der Waals surface area (Å²) in [5.41, 5.74) is 0.780. The maximum absolute atomic E-state index is 14.6. The van der Waals surface area contributed by atoms with Gasteiger partial charge < -0.3 is 20.3 Å². The number of carbonyl (C=O) groups is 3. The summed E-state index contributed by atoms with van der Waals surface area (Å²) in [5, 5.41) is 6.47. The highest BCUT2D eigenvalue weighted by molar-refractivity contribution is 6.03. The molecule has 3 heterocycles. The fourth-order valence-corrected chi connectivity index (χ4v) is 8.73. The lowest BCUT2D eigenvalue weighted by Gasteiger charge is -2.44. The van der Waals surface area contributed by atoms with Crippen molar-refractivity contribution in [2.75, 3.05) is 5.32 Å². The van der Waals surface area contributed by atoms with Gasteiger partial charge in [0.1, 0.15) is 11.6 Å². The van der Waals surface area contributed by atoms with Crippen LogP contribution in [0, 0.1) is 35.5 Å². The van der Waals surface area contributed by atoms with Crippen LogP contribution >= 0.6 is 0 Å². The number of likely N-dealkylation sites (tertiary alicyclic amines) is 1. The minimum atomic E-state index is -1.13. The molecular weight excluding hydrogens is 526 g/mol. The topological polar surface area (TPSA) is 87.7 Å². The molecule has 5 aliphatic rings. The van der Waals surface area contributed by atoms with E-state index in [4.69, 9.17) is 4.74 Å². The highest BCUT2D eigenvalue weighted by Crippen LogP contribution is 2.57. The van der Waals surface area contributed by atoms with E-state index in [-0.39, 0.29) is 35.7 Å². The summed E-state index contributed by atoms with van der Waals surface area (Å²) in [6.07, 6.45) is 9.57. The molecule has 1 aromatic carbocycles. The van der Waals surface area contributed by atoms with E-state index < -0.39 is 29.6 Å². The minimum Gasteiger partial charge on any atom is -0.359 e. The summed E-state index contributed by atoms with van der Waals surface area (Å²) in [6.45, 7) is 13.2. The van der Waals surface area contributed by atoms with Gasteiger partial charge in [-0.1, -0.05) is 91.5 Å². The summed E-state index contributed by atoms with van der Waals surface area (Å²) in [5.74, 6) is 0.169. The molecule has 3 amide bonds. The Morgan fingerprint density at radius 3 is 2.29 bits per heavy atom. The zero-order chi connectivity index (χ0) is 29.9. The molecule has 42 heavy (non-hydrogen) atoms.